The van der Waals surface area contributed by atoms with Crippen LogP contribution in [0.4, 0.5) is 5.82 Å². The van der Waals surface area contributed by atoms with Gasteiger partial charge in [0.15, 0.2) is 0 Å². The predicted octanol–water partition coefficient (Wildman–Crippen LogP) is 2.55. The van der Waals surface area contributed by atoms with Crippen LogP contribution in [0.1, 0.15) is 22.7 Å². The number of hydrogen-bond donors (Lipinski definition) is 1. The molecule has 0 amide bonds. The molecule has 0 fully saturated rings. The van der Waals surface area contributed by atoms with Crippen molar-refractivity contribution in [3.63, 3.8) is 0 Å². The molecule has 0 aliphatic carbocycles. The van der Waals surface area contributed by atoms with Gasteiger partial charge < -0.3 is 5.32 Å². The normalized spacial score (nSPS) is 18.1. The van der Waals surface area contributed by atoms with Crippen LogP contribution in [0.2, 0.25) is 0 Å². The predicted molar refractivity (Wildman–Crippen MR) is 78.1 cm³/mol. The van der Waals surface area contributed by atoms with Gasteiger partial charge in [-0.3, -0.25) is 4.90 Å². The quantitative estimate of drug-likeness (QED) is 0.905. The third-order valence-corrected chi connectivity index (χ3v) is 3.58. The van der Waals surface area contributed by atoms with E-state index < -0.39 is 0 Å². The summed E-state index contributed by atoms with van der Waals surface area (Å²) in [4.78, 5) is 6.58. The molecule has 0 radical (unpaired) electrons. The minimum atomic E-state index is 0.200. The van der Waals surface area contributed by atoms with Crippen LogP contribution < -0.4 is 5.32 Å². The Balaban J connectivity index is 1.89. The highest BCUT2D eigenvalue weighted by atomic mass is 15.1. The monoisotopic (exact) mass is 264 g/mol. The van der Waals surface area contributed by atoms with Gasteiger partial charge in [0.25, 0.3) is 0 Å². The zero-order valence-electron chi connectivity index (χ0n) is 11.4. The molecule has 4 nitrogen and oxygen atoms in total. The van der Waals surface area contributed by atoms with Crippen molar-refractivity contribution in [3.05, 3.63) is 59.3 Å². The zero-order chi connectivity index (χ0) is 13.9. The van der Waals surface area contributed by atoms with Crippen molar-refractivity contribution in [2.75, 3.05) is 18.9 Å². The molecular formula is C16H16N4. The zero-order valence-corrected chi connectivity index (χ0v) is 11.4. The maximum atomic E-state index is 8.95. The lowest BCUT2D eigenvalue weighted by Crippen LogP contribution is -2.34. The first-order chi connectivity index (χ1) is 9.76. The molecule has 1 aliphatic heterocycles. The van der Waals surface area contributed by atoms with E-state index in [4.69, 9.17) is 5.26 Å². The molecule has 100 valence electrons. The van der Waals surface area contributed by atoms with Crippen LogP contribution in [0.3, 0.4) is 0 Å². The van der Waals surface area contributed by atoms with Crippen molar-refractivity contribution in [2.45, 2.75) is 12.6 Å². The summed E-state index contributed by atoms with van der Waals surface area (Å²) in [6.07, 6.45) is 1.67. The highest BCUT2D eigenvalue weighted by Gasteiger charge is 2.22. The van der Waals surface area contributed by atoms with Crippen LogP contribution in [0.25, 0.3) is 0 Å². The fraction of sp³-hybridized carbons (Fsp3) is 0.250. The van der Waals surface area contributed by atoms with Crippen LogP contribution in [0.5, 0.6) is 0 Å². The molecule has 0 bridgehead atoms. The number of nitriles is 1. The third kappa shape index (κ3) is 2.49. The largest absolute Gasteiger partial charge is 0.362 e. The summed E-state index contributed by atoms with van der Waals surface area (Å²) in [6, 6.07) is 14.3. The summed E-state index contributed by atoms with van der Waals surface area (Å²) in [5.41, 5.74) is 3.28. The molecule has 1 aromatic heterocycles. The van der Waals surface area contributed by atoms with Crippen molar-refractivity contribution in [1.29, 1.82) is 5.26 Å². The number of anilines is 1. The van der Waals surface area contributed by atoms with Gasteiger partial charge in [0, 0.05) is 19.3 Å². The molecule has 1 atom stereocenters. The Morgan fingerprint density at radius 2 is 2.20 bits per heavy atom. The number of aromatic nitrogens is 1. The van der Waals surface area contributed by atoms with Crippen molar-refractivity contribution in [2.24, 2.45) is 0 Å². The molecular weight excluding hydrogens is 248 g/mol. The Bertz CT molecular complexity index is 660. The number of likely N-dealkylation sites (N-methyl/N-ethyl adjacent to an activating group) is 1. The molecule has 1 aromatic carbocycles. The van der Waals surface area contributed by atoms with E-state index >= 15 is 0 Å². The summed E-state index contributed by atoms with van der Waals surface area (Å²) >= 11 is 0. The number of hydrogen-bond acceptors (Lipinski definition) is 4. The number of nitrogens with zero attached hydrogens (tertiary/aromatic N) is 3. The number of benzene rings is 1. The van der Waals surface area contributed by atoms with Crippen LogP contribution in [0.15, 0.2) is 42.6 Å². The highest BCUT2D eigenvalue weighted by molar-refractivity contribution is 5.46. The first kappa shape index (κ1) is 12.6. The van der Waals surface area contributed by atoms with E-state index in [9.17, 15) is 0 Å². The SMILES string of the molecule is CN1Cc2ccccc2C(Nc2cc(C#N)ccn2)C1. The first-order valence-corrected chi connectivity index (χ1v) is 6.65. The van der Waals surface area contributed by atoms with Crippen LogP contribution in [-0.4, -0.2) is 23.5 Å². The Labute approximate surface area is 118 Å². The van der Waals surface area contributed by atoms with E-state index in [0.717, 1.165) is 18.9 Å². The lowest BCUT2D eigenvalue weighted by molar-refractivity contribution is 0.291. The van der Waals surface area contributed by atoms with Crippen molar-refractivity contribution in [1.82, 2.24) is 9.88 Å². The molecule has 1 aliphatic rings. The summed E-state index contributed by atoms with van der Waals surface area (Å²) in [5, 5.41) is 12.4. The smallest absolute Gasteiger partial charge is 0.127 e. The van der Waals surface area contributed by atoms with E-state index in [-0.39, 0.29) is 6.04 Å². The summed E-state index contributed by atoms with van der Waals surface area (Å²) in [5.74, 6) is 0.749. The topological polar surface area (TPSA) is 52.0 Å². The molecule has 2 heterocycles. The van der Waals surface area contributed by atoms with Gasteiger partial charge in [0.2, 0.25) is 0 Å². The van der Waals surface area contributed by atoms with Crippen LogP contribution in [-0.2, 0) is 6.54 Å². The van der Waals surface area contributed by atoms with Gasteiger partial charge in [0.1, 0.15) is 5.82 Å². The first-order valence-electron chi connectivity index (χ1n) is 6.65. The summed E-state index contributed by atoms with van der Waals surface area (Å²) < 4.78 is 0. The standard InChI is InChI=1S/C16H16N4/c1-20-10-13-4-2-3-5-14(13)15(11-20)19-16-8-12(9-17)6-7-18-16/h2-8,15H,10-11H2,1H3,(H,18,19). The van der Waals surface area contributed by atoms with Crippen molar-refractivity contribution in [3.8, 4) is 6.07 Å². The van der Waals surface area contributed by atoms with E-state index in [1.54, 1.807) is 18.3 Å². The molecule has 3 rings (SSSR count). The number of rotatable bonds is 2. The van der Waals surface area contributed by atoms with E-state index in [0.29, 0.717) is 5.56 Å². The van der Waals surface area contributed by atoms with E-state index in [1.165, 1.54) is 11.1 Å². The van der Waals surface area contributed by atoms with Gasteiger partial charge >= 0.3 is 0 Å². The highest BCUT2D eigenvalue weighted by Crippen LogP contribution is 2.28. The Hall–Kier alpha value is -2.38. The van der Waals surface area contributed by atoms with Gasteiger partial charge in [-0.05, 0) is 30.3 Å². The minimum Gasteiger partial charge on any atom is -0.362 e. The summed E-state index contributed by atoms with van der Waals surface area (Å²) in [7, 11) is 2.11. The van der Waals surface area contributed by atoms with E-state index in [2.05, 4.69) is 52.6 Å². The maximum absolute atomic E-state index is 8.95. The van der Waals surface area contributed by atoms with Gasteiger partial charge in [0.05, 0.1) is 17.7 Å². The molecule has 20 heavy (non-hydrogen) atoms. The Kier molecular flexibility index (Phi) is 3.36. The molecule has 0 spiro atoms. The molecule has 2 aromatic rings. The minimum absolute atomic E-state index is 0.200. The molecule has 0 saturated heterocycles. The van der Waals surface area contributed by atoms with Gasteiger partial charge in [-0.1, -0.05) is 24.3 Å². The second-order valence-electron chi connectivity index (χ2n) is 5.13. The lowest BCUT2D eigenvalue weighted by atomic mass is 9.96. The number of nitrogens with one attached hydrogen (secondary N) is 1. The molecule has 4 heteroatoms. The summed E-state index contributed by atoms with van der Waals surface area (Å²) in [6.45, 7) is 1.90. The maximum Gasteiger partial charge on any atom is 0.127 e. The fourth-order valence-corrected chi connectivity index (χ4v) is 2.66. The average Bonchev–Trinajstić information content (AvgIpc) is 2.47. The fourth-order valence-electron chi connectivity index (χ4n) is 2.66. The number of fused-ring (bicyclic) bond motifs is 1. The lowest BCUT2D eigenvalue weighted by Gasteiger charge is -2.33. The molecule has 1 N–H and O–H groups in total. The third-order valence-electron chi connectivity index (χ3n) is 3.58. The number of pyridine rings is 1. The Morgan fingerprint density at radius 3 is 3.05 bits per heavy atom. The second-order valence-corrected chi connectivity index (χ2v) is 5.13. The second kappa shape index (κ2) is 5.32. The van der Waals surface area contributed by atoms with Crippen LogP contribution in [0, 0.1) is 11.3 Å². The van der Waals surface area contributed by atoms with Crippen molar-refractivity contribution < 1.29 is 0 Å². The molecule has 0 saturated carbocycles. The Morgan fingerprint density at radius 1 is 1.35 bits per heavy atom. The van der Waals surface area contributed by atoms with E-state index in [1.807, 2.05) is 0 Å². The van der Waals surface area contributed by atoms with Crippen LogP contribution >= 0.6 is 0 Å². The van der Waals surface area contributed by atoms with Gasteiger partial charge in [-0.2, -0.15) is 5.26 Å². The van der Waals surface area contributed by atoms with Gasteiger partial charge in [-0.25, -0.2) is 4.98 Å². The van der Waals surface area contributed by atoms with Gasteiger partial charge in [-0.15, -0.1) is 0 Å². The molecule has 1 unspecified atom stereocenters. The average molecular weight is 264 g/mol. The van der Waals surface area contributed by atoms with Crippen molar-refractivity contribution >= 4 is 5.82 Å².